The summed E-state index contributed by atoms with van der Waals surface area (Å²) in [6, 6.07) is 13.5. The molecular weight excluding hydrogens is 344 g/mol. The number of benzene rings is 2. The summed E-state index contributed by atoms with van der Waals surface area (Å²) in [7, 11) is 0. The van der Waals surface area contributed by atoms with E-state index in [9.17, 15) is 9.59 Å². The maximum absolute atomic E-state index is 12.8. The Morgan fingerprint density at radius 2 is 1.70 bits per heavy atom. The Bertz CT molecular complexity index is 920. The lowest BCUT2D eigenvalue weighted by Crippen LogP contribution is -2.56. The van der Waals surface area contributed by atoms with Crippen molar-refractivity contribution in [2.24, 2.45) is 5.92 Å². The van der Waals surface area contributed by atoms with E-state index < -0.39 is 0 Å². The molecule has 0 spiro atoms. The smallest absolute Gasteiger partial charge is 0.254 e. The summed E-state index contributed by atoms with van der Waals surface area (Å²) in [5.74, 6) is 1.24. The van der Waals surface area contributed by atoms with E-state index in [0.717, 1.165) is 13.0 Å². The van der Waals surface area contributed by atoms with Crippen LogP contribution in [0.4, 0.5) is 0 Å². The maximum Gasteiger partial charge on any atom is 0.254 e. The lowest BCUT2D eigenvalue weighted by molar-refractivity contribution is -0.140. The molecular formula is C21H20N2O4. The third-order valence-corrected chi connectivity index (χ3v) is 5.58. The number of likely N-dealkylation sites (tertiary alicyclic amines) is 1. The van der Waals surface area contributed by atoms with E-state index in [-0.39, 0.29) is 24.5 Å². The molecule has 1 saturated heterocycles. The normalized spacial score (nSPS) is 18.1. The molecule has 0 N–H and O–H groups in total. The molecule has 6 nitrogen and oxygen atoms in total. The van der Waals surface area contributed by atoms with E-state index in [1.165, 1.54) is 11.1 Å². The van der Waals surface area contributed by atoms with E-state index in [2.05, 4.69) is 12.1 Å². The second-order valence-electron chi connectivity index (χ2n) is 7.25. The molecule has 0 radical (unpaired) electrons. The zero-order valence-corrected chi connectivity index (χ0v) is 14.9. The van der Waals surface area contributed by atoms with Gasteiger partial charge in [-0.15, -0.1) is 0 Å². The van der Waals surface area contributed by atoms with Gasteiger partial charge in [0.25, 0.3) is 5.91 Å². The Morgan fingerprint density at radius 3 is 2.56 bits per heavy atom. The number of carbonyl (C=O) groups excluding carboxylic acids is 2. The van der Waals surface area contributed by atoms with E-state index in [1.807, 2.05) is 17.0 Å². The highest BCUT2D eigenvalue weighted by atomic mass is 16.7. The fraction of sp³-hybridized carbons (Fsp3) is 0.333. The van der Waals surface area contributed by atoms with E-state index >= 15 is 0 Å². The lowest BCUT2D eigenvalue weighted by atomic mass is 9.94. The first-order valence-corrected chi connectivity index (χ1v) is 9.23. The SMILES string of the molecule is O=C(c1ccc2c(c1)OCO2)N1CC(C(=O)N2CCc3ccccc3C2)C1. The van der Waals surface area contributed by atoms with Gasteiger partial charge in [-0.05, 0) is 35.7 Å². The van der Waals surface area contributed by atoms with Crippen LogP contribution in [0.15, 0.2) is 42.5 Å². The number of rotatable bonds is 2. The highest BCUT2D eigenvalue weighted by molar-refractivity contribution is 5.96. The number of nitrogens with zero attached hydrogens (tertiary/aromatic N) is 2. The molecule has 0 atom stereocenters. The number of carbonyl (C=O) groups is 2. The second kappa shape index (κ2) is 6.30. The van der Waals surface area contributed by atoms with Crippen molar-refractivity contribution >= 4 is 11.8 Å². The van der Waals surface area contributed by atoms with Gasteiger partial charge in [-0.2, -0.15) is 0 Å². The van der Waals surface area contributed by atoms with Crippen LogP contribution < -0.4 is 9.47 Å². The summed E-state index contributed by atoms with van der Waals surface area (Å²) < 4.78 is 10.6. The van der Waals surface area contributed by atoms with Crippen molar-refractivity contribution in [3.8, 4) is 11.5 Å². The van der Waals surface area contributed by atoms with Crippen molar-refractivity contribution in [2.75, 3.05) is 26.4 Å². The number of hydrogen-bond acceptors (Lipinski definition) is 4. The maximum atomic E-state index is 12.8. The molecule has 5 rings (SSSR count). The molecule has 0 aromatic heterocycles. The molecule has 3 aliphatic heterocycles. The minimum atomic E-state index is -0.103. The third-order valence-electron chi connectivity index (χ3n) is 5.58. The van der Waals surface area contributed by atoms with Crippen LogP contribution in [0, 0.1) is 5.92 Å². The molecule has 0 unspecified atom stereocenters. The molecule has 3 heterocycles. The molecule has 27 heavy (non-hydrogen) atoms. The molecule has 1 fully saturated rings. The van der Waals surface area contributed by atoms with Crippen LogP contribution in [-0.2, 0) is 17.8 Å². The summed E-state index contributed by atoms with van der Waals surface area (Å²) >= 11 is 0. The predicted molar refractivity (Wildman–Crippen MR) is 97.5 cm³/mol. The fourth-order valence-electron chi connectivity index (χ4n) is 3.95. The number of ether oxygens (including phenoxy) is 2. The number of fused-ring (bicyclic) bond motifs is 2. The summed E-state index contributed by atoms with van der Waals surface area (Å²) in [5.41, 5.74) is 3.12. The van der Waals surface area contributed by atoms with E-state index in [0.29, 0.717) is 36.7 Å². The molecule has 138 valence electrons. The largest absolute Gasteiger partial charge is 0.454 e. The van der Waals surface area contributed by atoms with Gasteiger partial charge in [-0.25, -0.2) is 0 Å². The highest BCUT2D eigenvalue weighted by Gasteiger charge is 2.39. The molecule has 0 saturated carbocycles. The molecule has 6 heteroatoms. The fourth-order valence-corrected chi connectivity index (χ4v) is 3.95. The molecule has 2 amide bonds. The predicted octanol–water partition coefficient (Wildman–Crippen LogP) is 2.07. The van der Waals surface area contributed by atoms with Gasteiger partial charge < -0.3 is 19.3 Å². The van der Waals surface area contributed by atoms with Crippen LogP contribution in [0.25, 0.3) is 0 Å². The monoisotopic (exact) mass is 364 g/mol. The first kappa shape index (κ1) is 16.2. The van der Waals surface area contributed by atoms with Crippen LogP contribution in [0.2, 0.25) is 0 Å². The Morgan fingerprint density at radius 1 is 0.926 bits per heavy atom. The zero-order valence-electron chi connectivity index (χ0n) is 14.9. The van der Waals surface area contributed by atoms with Gasteiger partial charge >= 0.3 is 0 Å². The van der Waals surface area contributed by atoms with Gasteiger partial charge in [-0.3, -0.25) is 9.59 Å². The van der Waals surface area contributed by atoms with Crippen LogP contribution >= 0.6 is 0 Å². The van der Waals surface area contributed by atoms with E-state index in [4.69, 9.17) is 9.47 Å². The standard InChI is InChI=1S/C21H20N2O4/c24-20(15-5-6-18-19(9-15)27-13-26-18)23-11-17(12-23)21(25)22-8-7-14-3-1-2-4-16(14)10-22/h1-6,9,17H,7-8,10-13H2. The highest BCUT2D eigenvalue weighted by Crippen LogP contribution is 2.33. The van der Waals surface area contributed by atoms with Crippen LogP contribution in [0.1, 0.15) is 21.5 Å². The molecule has 2 aromatic carbocycles. The minimum Gasteiger partial charge on any atom is -0.454 e. The van der Waals surface area contributed by atoms with Crippen molar-refractivity contribution in [1.29, 1.82) is 0 Å². The quantitative estimate of drug-likeness (QED) is 0.819. The van der Waals surface area contributed by atoms with Gasteiger partial charge in [0.1, 0.15) is 0 Å². The Balaban J connectivity index is 1.21. The third kappa shape index (κ3) is 2.81. The van der Waals surface area contributed by atoms with Crippen molar-refractivity contribution < 1.29 is 19.1 Å². The van der Waals surface area contributed by atoms with Crippen LogP contribution in [0.5, 0.6) is 11.5 Å². The Kier molecular flexibility index (Phi) is 3.77. The second-order valence-corrected chi connectivity index (χ2v) is 7.25. The van der Waals surface area contributed by atoms with Gasteiger partial charge in [-0.1, -0.05) is 24.3 Å². The van der Waals surface area contributed by atoms with Gasteiger partial charge in [0.2, 0.25) is 12.7 Å². The van der Waals surface area contributed by atoms with E-state index in [1.54, 1.807) is 23.1 Å². The van der Waals surface area contributed by atoms with Crippen LogP contribution in [-0.4, -0.2) is 48.0 Å². The van der Waals surface area contributed by atoms with Gasteiger partial charge in [0, 0.05) is 31.7 Å². The number of hydrogen-bond donors (Lipinski definition) is 0. The topological polar surface area (TPSA) is 59.1 Å². The summed E-state index contributed by atoms with van der Waals surface area (Å²) in [4.78, 5) is 29.1. The van der Waals surface area contributed by atoms with Crippen molar-refractivity contribution in [2.45, 2.75) is 13.0 Å². The molecule has 2 aromatic rings. The minimum absolute atomic E-state index is 0.0682. The Labute approximate surface area is 157 Å². The summed E-state index contributed by atoms with van der Waals surface area (Å²) in [6.45, 7) is 2.56. The molecule has 0 aliphatic carbocycles. The average Bonchev–Trinajstić information content (AvgIpc) is 3.14. The van der Waals surface area contributed by atoms with Crippen molar-refractivity contribution in [3.63, 3.8) is 0 Å². The lowest BCUT2D eigenvalue weighted by Gasteiger charge is -2.41. The number of amides is 2. The zero-order chi connectivity index (χ0) is 18.4. The first-order chi connectivity index (χ1) is 13.2. The first-order valence-electron chi connectivity index (χ1n) is 9.23. The summed E-state index contributed by atoms with van der Waals surface area (Å²) in [5, 5.41) is 0. The summed E-state index contributed by atoms with van der Waals surface area (Å²) in [6.07, 6.45) is 0.897. The van der Waals surface area contributed by atoms with Gasteiger partial charge in [0.05, 0.1) is 5.92 Å². The van der Waals surface area contributed by atoms with Crippen molar-refractivity contribution in [1.82, 2.24) is 9.80 Å². The van der Waals surface area contributed by atoms with Gasteiger partial charge in [0.15, 0.2) is 11.5 Å². The Hall–Kier alpha value is -3.02. The molecule has 3 aliphatic rings. The van der Waals surface area contributed by atoms with Crippen LogP contribution in [0.3, 0.4) is 0 Å². The molecule has 0 bridgehead atoms. The van der Waals surface area contributed by atoms with Crippen molar-refractivity contribution in [3.05, 3.63) is 59.2 Å². The average molecular weight is 364 g/mol.